The van der Waals surface area contributed by atoms with E-state index in [0.29, 0.717) is 16.6 Å². The Morgan fingerprint density at radius 1 is 0.569 bits per heavy atom. The van der Waals surface area contributed by atoms with Gasteiger partial charge in [0.2, 0.25) is 29.9 Å². The molecule has 0 N–H and O–H groups in total. The number of imide groups is 1. The molecule has 4 aromatic rings. The van der Waals surface area contributed by atoms with Crippen LogP contribution in [-0.2, 0) is 23.2 Å². The Bertz CT molecular complexity index is 1650. The maximum atomic E-state index is 13.7. The molecule has 9 heteroatoms. The molecule has 1 saturated carbocycles. The van der Waals surface area contributed by atoms with Gasteiger partial charge in [0.05, 0.1) is 12.2 Å². The fourth-order valence-electron chi connectivity index (χ4n) is 7.09. The first-order valence-corrected chi connectivity index (χ1v) is 21.4. The van der Waals surface area contributed by atoms with Crippen LogP contribution in [-0.4, -0.2) is 52.3 Å². The van der Waals surface area contributed by atoms with Crippen molar-refractivity contribution in [3.8, 4) is 0 Å². The van der Waals surface area contributed by atoms with Crippen LogP contribution in [0.5, 0.6) is 0 Å². The van der Waals surface area contributed by atoms with Crippen molar-refractivity contribution in [3.05, 3.63) is 121 Å². The summed E-state index contributed by atoms with van der Waals surface area (Å²) in [4.78, 5) is 34.4. The molecule has 1 aliphatic heterocycles. The van der Waals surface area contributed by atoms with Crippen LogP contribution in [0.1, 0.15) is 60.8 Å². The summed E-state index contributed by atoms with van der Waals surface area (Å²) in [5.41, 5.74) is -0.386. The van der Waals surface area contributed by atoms with Crippen LogP contribution in [0, 0.1) is 22.7 Å². The third-order valence-electron chi connectivity index (χ3n) is 9.66. The van der Waals surface area contributed by atoms with E-state index >= 15 is 0 Å². The molecular weight excluding hydrogens is 690 g/mol. The Morgan fingerprint density at radius 3 is 1.14 bits per heavy atom. The average Bonchev–Trinajstić information content (AvgIpc) is 3.41. The number of ketones is 1. The number of carbonyl (C=O) groups is 3. The normalized spacial score (nSPS) is 19.1. The average molecular weight is 740 g/mol. The monoisotopic (exact) mass is 739 g/mol. The lowest BCUT2D eigenvalue weighted by atomic mass is 9.59. The first-order valence-electron chi connectivity index (χ1n) is 17.8. The standard InChI is InChI=1S/C38H46O3Si2.C4H4ClNO2/c1-37(2,3)35(40-42(28-19-11-7-12-20-28)29-21-13-8-14-22-29)32-27-33(39)34(32)36(38(4,5)6)41-43(30-23-15-9-16-24-30)31-25-17-10-18-26-31;5-6-3(7)1-2-4(6)8/h7-26,32,34-36,42-43H,27H2,1-6H3;1-2H2/t32-,34+,35?,36?;/m0./s1. The first kappa shape index (κ1) is 38.6. The minimum atomic E-state index is -2.08. The van der Waals surface area contributed by atoms with Gasteiger partial charge in [0.1, 0.15) is 5.78 Å². The number of hydrogen-bond acceptors (Lipinski definition) is 5. The van der Waals surface area contributed by atoms with Gasteiger partial charge in [-0.1, -0.05) is 163 Å². The van der Waals surface area contributed by atoms with Gasteiger partial charge in [-0.15, -0.1) is 0 Å². The summed E-state index contributed by atoms with van der Waals surface area (Å²) in [6, 6.07) is 42.5. The molecule has 6 rings (SSSR count). The van der Waals surface area contributed by atoms with Crippen LogP contribution < -0.4 is 20.7 Å². The minimum absolute atomic E-state index is 0.0837. The van der Waals surface area contributed by atoms with E-state index in [-0.39, 0.29) is 59.5 Å². The van der Waals surface area contributed by atoms with E-state index in [4.69, 9.17) is 20.6 Å². The van der Waals surface area contributed by atoms with Crippen molar-refractivity contribution in [1.29, 1.82) is 0 Å². The maximum Gasteiger partial charge on any atom is 0.244 e. The highest BCUT2D eigenvalue weighted by Crippen LogP contribution is 2.48. The Labute approximate surface area is 311 Å². The number of halogens is 1. The topological polar surface area (TPSA) is 72.9 Å². The molecule has 6 nitrogen and oxygen atoms in total. The second kappa shape index (κ2) is 16.8. The molecule has 51 heavy (non-hydrogen) atoms. The minimum Gasteiger partial charge on any atom is -0.407 e. The largest absolute Gasteiger partial charge is 0.407 e. The molecule has 2 aliphatic rings. The lowest BCUT2D eigenvalue weighted by Gasteiger charge is -2.52. The highest BCUT2D eigenvalue weighted by atomic mass is 35.5. The second-order valence-electron chi connectivity index (χ2n) is 15.7. The van der Waals surface area contributed by atoms with Gasteiger partial charge in [-0.2, -0.15) is 4.42 Å². The quantitative estimate of drug-likeness (QED) is 0.124. The molecule has 1 aliphatic carbocycles. The highest BCUT2D eigenvalue weighted by molar-refractivity contribution is 6.80. The number of Topliss-reactive ketones (excluding diaryl/α,β-unsaturated/α-hetero) is 1. The molecule has 0 bridgehead atoms. The maximum absolute atomic E-state index is 13.7. The number of carbonyl (C=O) groups excluding carboxylic acids is 3. The van der Waals surface area contributed by atoms with Gasteiger partial charge in [0.25, 0.3) is 0 Å². The second-order valence-corrected chi connectivity index (χ2v) is 20.7. The van der Waals surface area contributed by atoms with Gasteiger partial charge in [-0.3, -0.25) is 14.4 Å². The van der Waals surface area contributed by atoms with Crippen molar-refractivity contribution >= 4 is 68.2 Å². The van der Waals surface area contributed by atoms with E-state index in [1.807, 2.05) is 0 Å². The lowest BCUT2D eigenvalue weighted by molar-refractivity contribution is -0.155. The molecule has 1 saturated heterocycles. The molecular formula is C42H50ClNO5Si2. The summed E-state index contributed by atoms with van der Waals surface area (Å²) < 4.78 is 15.3. The number of rotatable bonds is 10. The van der Waals surface area contributed by atoms with Gasteiger partial charge in [-0.25, -0.2) is 0 Å². The van der Waals surface area contributed by atoms with Gasteiger partial charge < -0.3 is 8.85 Å². The predicted molar refractivity (Wildman–Crippen MR) is 211 cm³/mol. The summed E-state index contributed by atoms with van der Waals surface area (Å²) >= 11 is 5.15. The van der Waals surface area contributed by atoms with Gasteiger partial charge >= 0.3 is 0 Å². The van der Waals surface area contributed by atoms with Crippen LogP contribution in [0.4, 0.5) is 0 Å². The smallest absolute Gasteiger partial charge is 0.244 e. The summed E-state index contributed by atoms with van der Waals surface area (Å²) in [6.45, 7) is 13.5. The van der Waals surface area contributed by atoms with E-state index in [2.05, 4.69) is 163 Å². The van der Waals surface area contributed by atoms with Crippen LogP contribution in [0.3, 0.4) is 0 Å². The molecule has 268 valence electrons. The summed E-state index contributed by atoms with van der Waals surface area (Å²) in [6.07, 6.45) is 0.757. The van der Waals surface area contributed by atoms with Crippen molar-refractivity contribution in [2.75, 3.05) is 0 Å². The SMILES string of the molecule is CC(C)(C)C(O[SiH](c1ccccc1)c1ccccc1)[C@H]1CC(=O)[C@@H]1C(O[SiH](c1ccccc1)c1ccccc1)C(C)(C)C.O=C1CCC(=O)N1Cl. The van der Waals surface area contributed by atoms with Gasteiger partial charge in [0, 0.05) is 42.9 Å². The van der Waals surface area contributed by atoms with Crippen LogP contribution in [0.2, 0.25) is 0 Å². The zero-order valence-corrected chi connectivity index (χ0v) is 33.6. The zero-order chi connectivity index (χ0) is 36.8. The molecule has 0 spiro atoms. The highest BCUT2D eigenvalue weighted by Gasteiger charge is 2.55. The number of hydrogen-bond donors (Lipinski definition) is 0. The molecule has 4 aromatic carbocycles. The first-order chi connectivity index (χ1) is 24.3. The van der Waals surface area contributed by atoms with Crippen molar-refractivity contribution in [1.82, 2.24) is 4.42 Å². The summed E-state index contributed by atoms with van der Waals surface area (Å²) in [7, 11) is -4.12. The van der Waals surface area contributed by atoms with Crippen LogP contribution in [0.25, 0.3) is 0 Å². The third kappa shape index (κ3) is 9.61. The molecule has 4 atom stereocenters. The van der Waals surface area contributed by atoms with Crippen LogP contribution in [0.15, 0.2) is 121 Å². The van der Waals surface area contributed by atoms with Crippen molar-refractivity contribution in [3.63, 3.8) is 0 Å². The van der Waals surface area contributed by atoms with Crippen molar-refractivity contribution in [2.24, 2.45) is 22.7 Å². The molecule has 0 radical (unpaired) electrons. The van der Waals surface area contributed by atoms with E-state index in [9.17, 15) is 14.4 Å². The molecule has 2 unspecified atom stereocenters. The Balaban J connectivity index is 0.000000556. The van der Waals surface area contributed by atoms with Crippen LogP contribution >= 0.6 is 11.8 Å². The molecule has 1 heterocycles. The lowest BCUT2D eigenvalue weighted by Crippen LogP contribution is -2.62. The molecule has 0 aromatic heterocycles. The Kier molecular flexibility index (Phi) is 12.7. The Morgan fingerprint density at radius 2 is 0.882 bits per heavy atom. The Hall–Kier alpha value is -3.67. The van der Waals surface area contributed by atoms with Gasteiger partial charge in [-0.05, 0) is 31.6 Å². The van der Waals surface area contributed by atoms with E-state index in [1.54, 1.807) is 0 Å². The molecule has 2 fully saturated rings. The fourth-order valence-corrected chi connectivity index (χ4v) is 12.7. The van der Waals surface area contributed by atoms with E-state index in [1.165, 1.54) is 20.7 Å². The zero-order valence-electron chi connectivity index (χ0n) is 30.5. The van der Waals surface area contributed by atoms with E-state index < -0.39 is 18.1 Å². The number of nitrogens with zero attached hydrogens (tertiary/aromatic N) is 1. The number of amides is 2. The third-order valence-corrected chi connectivity index (χ3v) is 15.1. The fraction of sp³-hybridized carbons (Fsp3) is 0.357. The predicted octanol–water partition coefficient (Wildman–Crippen LogP) is 5.42. The summed E-state index contributed by atoms with van der Waals surface area (Å²) in [5, 5.41) is 4.98. The van der Waals surface area contributed by atoms with E-state index in [0.717, 1.165) is 0 Å². The van der Waals surface area contributed by atoms with Gasteiger partial charge in [0.15, 0.2) is 0 Å². The van der Waals surface area contributed by atoms with Crippen molar-refractivity contribution in [2.45, 2.75) is 73.0 Å². The molecule has 2 amide bonds. The van der Waals surface area contributed by atoms with Crippen molar-refractivity contribution < 1.29 is 23.2 Å². The number of benzene rings is 4. The summed E-state index contributed by atoms with van der Waals surface area (Å²) in [5.74, 6) is -0.421.